The van der Waals surface area contributed by atoms with E-state index in [1.807, 2.05) is 0 Å². The van der Waals surface area contributed by atoms with Gasteiger partial charge in [-0.25, -0.2) is 4.98 Å². The molecule has 2 aromatic heterocycles. The molecule has 2 nitrogen and oxygen atoms in total. The highest BCUT2D eigenvalue weighted by Gasteiger charge is 2.38. The lowest BCUT2D eigenvalue weighted by Crippen LogP contribution is -2.38. The van der Waals surface area contributed by atoms with Crippen molar-refractivity contribution < 1.29 is 4.42 Å². The number of para-hydroxylation sites is 1. The second-order valence-corrected chi connectivity index (χ2v) is 22.6. The van der Waals surface area contributed by atoms with E-state index in [0.29, 0.717) is 0 Å². The van der Waals surface area contributed by atoms with Gasteiger partial charge in [-0.15, -0.1) is 0 Å². The molecule has 0 bridgehead atoms. The number of rotatable bonds is 2. The van der Waals surface area contributed by atoms with Crippen molar-refractivity contribution in [1.82, 2.24) is 4.98 Å². The van der Waals surface area contributed by atoms with Crippen molar-refractivity contribution in [2.24, 2.45) is 0 Å². The fourth-order valence-corrected chi connectivity index (χ4v) is 8.70. The first-order valence-corrected chi connectivity index (χ1v) is 19.3. The topological polar surface area (TPSA) is 26.0 Å². The van der Waals surface area contributed by atoms with Crippen LogP contribution in [0, 0.1) is 0 Å². The first-order valence-electron chi connectivity index (χ1n) is 12.3. The summed E-state index contributed by atoms with van der Waals surface area (Å²) in [6, 6.07) is 20.3. The molecule has 1 aliphatic carbocycles. The maximum atomic E-state index is 6.96. The maximum Gasteiger partial charge on any atom is 0.135 e. The van der Waals surface area contributed by atoms with E-state index in [9.17, 15) is 0 Å². The largest absolute Gasteiger partial charge is 0.456 e. The van der Waals surface area contributed by atoms with Crippen molar-refractivity contribution in [3.8, 4) is 11.3 Å². The molecular weight excluding hydrogens is 447 g/mol. The Morgan fingerprint density at radius 3 is 2.00 bits per heavy atom. The molecule has 6 rings (SSSR count). The molecule has 34 heavy (non-hydrogen) atoms. The van der Waals surface area contributed by atoms with Crippen LogP contribution >= 0.6 is 0 Å². The molecule has 0 atom stereocenters. The Morgan fingerprint density at radius 2 is 1.32 bits per heavy atom. The van der Waals surface area contributed by atoms with Gasteiger partial charge in [0.15, 0.2) is 0 Å². The smallest absolute Gasteiger partial charge is 0.135 e. The van der Waals surface area contributed by atoms with Crippen molar-refractivity contribution in [3.63, 3.8) is 0 Å². The Kier molecular flexibility index (Phi) is 4.30. The summed E-state index contributed by atoms with van der Waals surface area (Å²) in [6.45, 7) is 19.2. The van der Waals surface area contributed by atoms with Gasteiger partial charge in [-0.2, -0.15) is 0 Å². The number of hydrogen-bond acceptors (Lipinski definition) is 2. The Hall–Kier alpha value is -2.70. The molecule has 2 heterocycles. The zero-order valence-electron chi connectivity index (χ0n) is 21.6. The van der Waals surface area contributed by atoms with E-state index in [2.05, 4.69) is 108 Å². The molecule has 3 aromatic carbocycles. The van der Waals surface area contributed by atoms with Crippen molar-refractivity contribution in [2.45, 2.75) is 58.5 Å². The standard InChI is InChI=1S/C30H33NOSi2/c1-30(2)20-14-16-24(34(6,7)8)29-26(20)25-19(13-15-23(28(25)32-29)33(3,4)5)27-21(30)17-18-11-9-10-12-22(18)31-27/h9-17H,1-8H3. The molecule has 0 saturated heterocycles. The van der Waals surface area contributed by atoms with Crippen LogP contribution in [0.2, 0.25) is 39.3 Å². The Morgan fingerprint density at radius 1 is 0.706 bits per heavy atom. The number of furan rings is 1. The molecule has 0 spiro atoms. The number of fused-ring (bicyclic) bond motifs is 3. The normalized spacial score (nSPS) is 15.3. The van der Waals surface area contributed by atoms with Gasteiger partial charge in [-0.05, 0) is 33.6 Å². The van der Waals surface area contributed by atoms with Crippen LogP contribution in [0.25, 0.3) is 44.1 Å². The molecule has 0 amide bonds. The van der Waals surface area contributed by atoms with E-state index in [1.54, 1.807) is 0 Å². The molecule has 0 aliphatic heterocycles. The van der Waals surface area contributed by atoms with E-state index < -0.39 is 16.1 Å². The maximum absolute atomic E-state index is 6.96. The summed E-state index contributed by atoms with van der Waals surface area (Å²) < 4.78 is 6.96. The molecule has 0 saturated carbocycles. The van der Waals surface area contributed by atoms with E-state index in [4.69, 9.17) is 9.40 Å². The lowest BCUT2D eigenvalue weighted by atomic mass is 9.76. The first-order chi connectivity index (χ1) is 15.9. The average Bonchev–Trinajstić information content (AvgIpc) is 3.12. The minimum atomic E-state index is -1.63. The molecule has 0 unspecified atom stereocenters. The number of hydrogen-bond donors (Lipinski definition) is 0. The SMILES string of the molecule is CC1(C)c2cc3ccccc3nc2-c2ccc([Si](C)(C)C)c3oc4c([Si](C)(C)C)ccc1c4c23. The van der Waals surface area contributed by atoms with Crippen molar-refractivity contribution >= 4 is 59.4 Å². The lowest BCUT2D eigenvalue weighted by molar-refractivity contribution is 0.643. The van der Waals surface area contributed by atoms with E-state index in [-0.39, 0.29) is 5.41 Å². The Balaban J connectivity index is 1.90. The number of pyridine rings is 1. The summed E-state index contributed by atoms with van der Waals surface area (Å²) >= 11 is 0. The fourth-order valence-electron chi connectivity index (χ4n) is 5.82. The second-order valence-electron chi connectivity index (χ2n) is 12.5. The molecule has 172 valence electrons. The lowest BCUT2D eigenvalue weighted by Gasteiger charge is -2.29. The van der Waals surface area contributed by atoms with E-state index in [1.165, 1.54) is 43.2 Å². The molecule has 0 fully saturated rings. The number of aromatic nitrogens is 1. The molecule has 0 radical (unpaired) electrons. The van der Waals surface area contributed by atoms with Crippen LogP contribution in [-0.2, 0) is 5.41 Å². The number of benzene rings is 3. The van der Waals surface area contributed by atoms with Gasteiger partial charge in [-0.3, -0.25) is 0 Å². The quantitative estimate of drug-likeness (QED) is 0.245. The summed E-state index contributed by atoms with van der Waals surface area (Å²) in [7, 11) is -3.25. The van der Waals surface area contributed by atoms with Crippen LogP contribution < -0.4 is 10.4 Å². The van der Waals surface area contributed by atoms with Crippen molar-refractivity contribution in [2.75, 3.05) is 0 Å². The molecule has 5 aromatic rings. The van der Waals surface area contributed by atoms with Crippen LogP contribution in [0.5, 0.6) is 0 Å². The summed E-state index contributed by atoms with van der Waals surface area (Å²) in [4.78, 5) is 5.29. The van der Waals surface area contributed by atoms with Gasteiger partial charge < -0.3 is 4.42 Å². The predicted molar refractivity (Wildman–Crippen MR) is 153 cm³/mol. The van der Waals surface area contributed by atoms with Gasteiger partial charge in [0, 0.05) is 27.1 Å². The highest BCUT2D eigenvalue weighted by Crippen LogP contribution is 2.49. The highest BCUT2D eigenvalue weighted by molar-refractivity contribution is 6.91. The predicted octanol–water partition coefficient (Wildman–Crippen LogP) is 7.53. The molecule has 1 aliphatic rings. The third-order valence-corrected chi connectivity index (χ3v) is 11.7. The second kappa shape index (κ2) is 6.70. The van der Waals surface area contributed by atoms with Gasteiger partial charge >= 0.3 is 0 Å². The van der Waals surface area contributed by atoms with Gasteiger partial charge in [0.2, 0.25) is 0 Å². The van der Waals surface area contributed by atoms with Gasteiger partial charge in [0.05, 0.1) is 27.4 Å². The van der Waals surface area contributed by atoms with Crippen LogP contribution in [0.1, 0.15) is 25.0 Å². The third kappa shape index (κ3) is 2.88. The summed E-state index contributed by atoms with van der Waals surface area (Å²) in [6.07, 6.45) is 0. The van der Waals surface area contributed by atoms with Gasteiger partial charge in [0.25, 0.3) is 0 Å². The minimum Gasteiger partial charge on any atom is -0.456 e. The highest BCUT2D eigenvalue weighted by atomic mass is 28.3. The minimum absolute atomic E-state index is 0.197. The zero-order valence-corrected chi connectivity index (χ0v) is 23.6. The first kappa shape index (κ1) is 21.8. The Bertz CT molecular complexity index is 1640. The number of nitrogens with zero attached hydrogens (tertiary/aromatic N) is 1. The van der Waals surface area contributed by atoms with Gasteiger partial charge in [-0.1, -0.05) is 95.6 Å². The van der Waals surface area contributed by atoms with Gasteiger partial charge in [0.1, 0.15) is 11.2 Å². The molecular formula is C30H33NOSi2. The Labute approximate surface area is 204 Å². The summed E-state index contributed by atoms with van der Waals surface area (Å²) in [5.41, 5.74) is 8.03. The monoisotopic (exact) mass is 479 g/mol. The summed E-state index contributed by atoms with van der Waals surface area (Å²) in [5.74, 6) is 0. The van der Waals surface area contributed by atoms with E-state index >= 15 is 0 Å². The van der Waals surface area contributed by atoms with E-state index in [0.717, 1.165) is 22.4 Å². The van der Waals surface area contributed by atoms with Crippen molar-refractivity contribution in [1.29, 1.82) is 0 Å². The zero-order chi connectivity index (χ0) is 24.2. The van der Waals surface area contributed by atoms with Crippen LogP contribution in [-0.4, -0.2) is 21.1 Å². The average molecular weight is 480 g/mol. The fraction of sp³-hybridized carbons (Fsp3) is 0.300. The summed E-state index contributed by atoms with van der Waals surface area (Å²) in [5, 5.41) is 6.61. The van der Waals surface area contributed by atoms with Crippen molar-refractivity contribution in [3.05, 3.63) is 65.7 Å². The molecule has 0 N–H and O–H groups in total. The third-order valence-electron chi connectivity index (χ3n) is 7.71. The van der Waals surface area contributed by atoms with Crippen LogP contribution in [0.15, 0.2) is 59.0 Å². The van der Waals surface area contributed by atoms with Crippen LogP contribution in [0.3, 0.4) is 0 Å². The molecule has 4 heteroatoms. The van der Waals surface area contributed by atoms with Crippen LogP contribution in [0.4, 0.5) is 0 Å².